The second-order valence-corrected chi connectivity index (χ2v) is 6.40. The number of benzene rings is 2. The monoisotopic (exact) mass is 324 g/mol. The van der Waals surface area contributed by atoms with Crippen LogP contribution in [0, 0.1) is 11.7 Å². The second-order valence-electron chi connectivity index (χ2n) is 6.40. The number of amidine groups is 1. The molecule has 0 amide bonds. The van der Waals surface area contributed by atoms with Gasteiger partial charge in [0.2, 0.25) is 0 Å². The third kappa shape index (κ3) is 3.20. The molecule has 4 heteroatoms. The zero-order valence-corrected chi connectivity index (χ0v) is 13.5. The Balaban J connectivity index is 1.49. The van der Waals surface area contributed by atoms with Crippen LogP contribution in [0.5, 0.6) is 0 Å². The predicted octanol–water partition coefficient (Wildman–Crippen LogP) is 3.96. The van der Waals surface area contributed by atoms with Crippen molar-refractivity contribution in [3.8, 4) is 11.1 Å². The number of rotatable bonds is 3. The van der Waals surface area contributed by atoms with E-state index in [4.69, 9.17) is 4.74 Å². The molecule has 4 rings (SSSR count). The fourth-order valence-electron chi connectivity index (χ4n) is 3.50. The van der Waals surface area contributed by atoms with Crippen molar-refractivity contribution in [2.24, 2.45) is 10.9 Å². The first-order valence-electron chi connectivity index (χ1n) is 8.55. The summed E-state index contributed by atoms with van der Waals surface area (Å²) in [5.74, 6) is 1.43. The second kappa shape index (κ2) is 6.73. The molecule has 2 aromatic rings. The van der Waals surface area contributed by atoms with Crippen LogP contribution < -0.4 is 5.32 Å². The Labute approximate surface area is 141 Å². The molecular formula is C20H21FN2O. The molecule has 2 aromatic carbocycles. The van der Waals surface area contributed by atoms with Gasteiger partial charge in [0.25, 0.3) is 0 Å². The van der Waals surface area contributed by atoms with Gasteiger partial charge in [0.1, 0.15) is 5.82 Å². The fraction of sp³-hybridized carbons (Fsp3) is 0.350. The highest BCUT2D eigenvalue weighted by Crippen LogP contribution is 2.33. The van der Waals surface area contributed by atoms with Crippen molar-refractivity contribution in [2.45, 2.75) is 18.9 Å². The average molecular weight is 324 g/mol. The molecule has 3 nitrogen and oxygen atoms in total. The molecule has 24 heavy (non-hydrogen) atoms. The molecule has 2 aliphatic heterocycles. The first-order valence-corrected chi connectivity index (χ1v) is 8.55. The number of aliphatic imine (C=N–C) groups is 1. The Hall–Kier alpha value is -2.20. The number of nitrogens with zero attached hydrogens (tertiary/aromatic N) is 1. The number of hydrogen-bond donors (Lipinski definition) is 1. The quantitative estimate of drug-likeness (QED) is 0.927. The van der Waals surface area contributed by atoms with E-state index >= 15 is 0 Å². The van der Waals surface area contributed by atoms with E-state index in [0.717, 1.165) is 49.5 Å². The van der Waals surface area contributed by atoms with Gasteiger partial charge in [-0.15, -0.1) is 0 Å². The number of hydrogen-bond acceptors (Lipinski definition) is 3. The maximum absolute atomic E-state index is 13.0. The minimum atomic E-state index is -0.208. The Morgan fingerprint density at radius 3 is 2.38 bits per heavy atom. The minimum Gasteiger partial charge on any atom is -0.373 e. The molecule has 1 fully saturated rings. The van der Waals surface area contributed by atoms with Gasteiger partial charge in [0.15, 0.2) is 0 Å². The van der Waals surface area contributed by atoms with Crippen LogP contribution in [-0.2, 0) is 4.74 Å². The van der Waals surface area contributed by atoms with Gasteiger partial charge >= 0.3 is 0 Å². The summed E-state index contributed by atoms with van der Waals surface area (Å²) in [7, 11) is 0. The highest BCUT2D eigenvalue weighted by Gasteiger charge is 2.28. The first-order chi connectivity index (χ1) is 11.8. The zero-order valence-electron chi connectivity index (χ0n) is 13.5. The van der Waals surface area contributed by atoms with Crippen molar-refractivity contribution in [3.05, 3.63) is 59.9 Å². The molecule has 0 aromatic heterocycles. The summed E-state index contributed by atoms with van der Waals surface area (Å²) in [6.45, 7) is 2.63. The van der Waals surface area contributed by atoms with Gasteiger partial charge in [0, 0.05) is 19.1 Å². The lowest BCUT2D eigenvalue weighted by Crippen LogP contribution is -2.32. The predicted molar refractivity (Wildman–Crippen MR) is 93.6 cm³/mol. The van der Waals surface area contributed by atoms with Crippen LogP contribution in [0.2, 0.25) is 0 Å². The van der Waals surface area contributed by atoms with Crippen molar-refractivity contribution in [3.63, 3.8) is 0 Å². The summed E-state index contributed by atoms with van der Waals surface area (Å²) >= 11 is 0. The van der Waals surface area contributed by atoms with E-state index in [0.29, 0.717) is 5.92 Å². The van der Waals surface area contributed by atoms with Crippen LogP contribution in [0.25, 0.3) is 11.1 Å². The molecule has 2 aliphatic rings. The number of nitrogens with one attached hydrogen (secondary N) is 1. The summed E-state index contributed by atoms with van der Waals surface area (Å²) in [6, 6.07) is 15.0. The molecule has 0 bridgehead atoms. The summed E-state index contributed by atoms with van der Waals surface area (Å²) < 4.78 is 19.0. The molecule has 0 spiro atoms. The molecule has 1 N–H and O–H groups in total. The highest BCUT2D eigenvalue weighted by molar-refractivity contribution is 5.86. The van der Waals surface area contributed by atoms with Crippen molar-refractivity contribution in [1.29, 1.82) is 0 Å². The SMILES string of the molecule is Fc1ccc(-c2ccc([C@@H]3CC(C4=NCCN4)CCO3)cc2)cc1. The largest absolute Gasteiger partial charge is 0.373 e. The van der Waals surface area contributed by atoms with Gasteiger partial charge in [0.05, 0.1) is 18.5 Å². The van der Waals surface area contributed by atoms with E-state index in [9.17, 15) is 4.39 Å². The van der Waals surface area contributed by atoms with E-state index in [-0.39, 0.29) is 11.9 Å². The van der Waals surface area contributed by atoms with Gasteiger partial charge in [-0.3, -0.25) is 4.99 Å². The zero-order chi connectivity index (χ0) is 16.4. The lowest BCUT2D eigenvalue weighted by molar-refractivity contribution is 0.00244. The molecule has 1 unspecified atom stereocenters. The maximum Gasteiger partial charge on any atom is 0.123 e. The van der Waals surface area contributed by atoms with E-state index < -0.39 is 0 Å². The number of halogens is 1. The Morgan fingerprint density at radius 2 is 1.71 bits per heavy atom. The molecule has 1 saturated heterocycles. The Bertz CT molecular complexity index is 724. The summed E-state index contributed by atoms with van der Waals surface area (Å²) in [4.78, 5) is 4.57. The van der Waals surface area contributed by atoms with Crippen molar-refractivity contribution < 1.29 is 9.13 Å². The van der Waals surface area contributed by atoms with Crippen LogP contribution in [0.1, 0.15) is 24.5 Å². The third-order valence-corrected chi connectivity index (χ3v) is 4.83. The summed E-state index contributed by atoms with van der Waals surface area (Å²) in [5.41, 5.74) is 3.31. The van der Waals surface area contributed by atoms with Gasteiger partial charge < -0.3 is 10.1 Å². The molecular weight excluding hydrogens is 303 g/mol. The van der Waals surface area contributed by atoms with Crippen molar-refractivity contribution in [1.82, 2.24) is 5.32 Å². The van der Waals surface area contributed by atoms with Crippen LogP contribution in [0.15, 0.2) is 53.5 Å². The average Bonchev–Trinajstić information content (AvgIpc) is 3.17. The van der Waals surface area contributed by atoms with Crippen LogP contribution >= 0.6 is 0 Å². The molecule has 0 saturated carbocycles. The Morgan fingerprint density at radius 1 is 1.00 bits per heavy atom. The summed E-state index contributed by atoms with van der Waals surface area (Å²) in [6.07, 6.45) is 2.13. The fourth-order valence-corrected chi connectivity index (χ4v) is 3.50. The number of ether oxygens (including phenoxy) is 1. The van der Waals surface area contributed by atoms with Crippen molar-refractivity contribution >= 4 is 5.84 Å². The van der Waals surface area contributed by atoms with E-state index in [1.54, 1.807) is 12.1 Å². The molecule has 2 heterocycles. The maximum atomic E-state index is 13.0. The summed E-state index contributed by atoms with van der Waals surface area (Å²) in [5, 5.41) is 3.40. The van der Waals surface area contributed by atoms with Gasteiger partial charge in [-0.05, 0) is 41.7 Å². The molecule has 124 valence electrons. The molecule has 0 aliphatic carbocycles. The lowest BCUT2D eigenvalue weighted by atomic mass is 9.90. The van der Waals surface area contributed by atoms with Crippen LogP contribution in [0.3, 0.4) is 0 Å². The van der Waals surface area contributed by atoms with Gasteiger partial charge in [-0.2, -0.15) is 0 Å². The van der Waals surface area contributed by atoms with Gasteiger partial charge in [-0.25, -0.2) is 4.39 Å². The lowest BCUT2D eigenvalue weighted by Gasteiger charge is -2.30. The smallest absolute Gasteiger partial charge is 0.123 e. The standard InChI is InChI=1S/C20H21FN2O/c21-18-7-5-15(6-8-18)14-1-3-16(4-2-14)19-13-17(9-12-24-19)20-22-10-11-23-20/h1-8,17,19H,9-13H2,(H,22,23)/t17?,19-/m0/s1. The van der Waals surface area contributed by atoms with Crippen LogP contribution in [0.4, 0.5) is 4.39 Å². The minimum absolute atomic E-state index is 0.121. The van der Waals surface area contributed by atoms with Gasteiger partial charge in [-0.1, -0.05) is 36.4 Å². The Kier molecular flexibility index (Phi) is 4.30. The van der Waals surface area contributed by atoms with Crippen molar-refractivity contribution in [2.75, 3.05) is 19.7 Å². The topological polar surface area (TPSA) is 33.6 Å². The van der Waals surface area contributed by atoms with E-state index in [2.05, 4.69) is 34.6 Å². The first kappa shape index (κ1) is 15.3. The van der Waals surface area contributed by atoms with E-state index in [1.165, 1.54) is 17.7 Å². The highest BCUT2D eigenvalue weighted by atomic mass is 19.1. The van der Waals surface area contributed by atoms with E-state index in [1.807, 2.05) is 0 Å². The molecule has 0 radical (unpaired) electrons. The normalized spacial score (nSPS) is 23.6. The van der Waals surface area contributed by atoms with Crippen LogP contribution in [-0.4, -0.2) is 25.5 Å². The third-order valence-electron chi connectivity index (χ3n) is 4.83. The molecule has 2 atom stereocenters.